The smallest absolute Gasteiger partial charge is 0.237 e. The molecule has 0 aliphatic carbocycles. The lowest BCUT2D eigenvalue weighted by Crippen LogP contribution is -2.55. The SMILES string of the molecule is CNC(C)(CC(C)N1CCC(C)CC1)C(N)=O. The van der Waals surface area contributed by atoms with E-state index in [9.17, 15) is 4.79 Å². The molecule has 0 saturated carbocycles. The van der Waals surface area contributed by atoms with Crippen molar-refractivity contribution in [3.63, 3.8) is 0 Å². The second kappa shape index (κ2) is 5.83. The van der Waals surface area contributed by atoms with Crippen molar-refractivity contribution < 1.29 is 4.79 Å². The lowest BCUT2D eigenvalue weighted by molar-refractivity contribution is -0.124. The fraction of sp³-hybridized carbons (Fsp3) is 0.923. The van der Waals surface area contributed by atoms with E-state index in [-0.39, 0.29) is 5.91 Å². The first kappa shape index (κ1) is 14.5. The van der Waals surface area contributed by atoms with Gasteiger partial charge in [-0.15, -0.1) is 0 Å². The van der Waals surface area contributed by atoms with Gasteiger partial charge in [0.25, 0.3) is 0 Å². The van der Waals surface area contributed by atoms with Crippen LogP contribution in [0.3, 0.4) is 0 Å². The van der Waals surface area contributed by atoms with Gasteiger partial charge in [-0.25, -0.2) is 0 Å². The van der Waals surface area contributed by atoms with Gasteiger partial charge in [0.15, 0.2) is 0 Å². The van der Waals surface area contributed by atoms with E-state index in [1.807, 2.05) is 6.92 Å². The second-order valence-electron chi connectivity index (χ2n) is 5.72. The summed E-state index contributed by atoms with van der Waals surface area (Å²) in [5, 5.41) is 3.06. The third-order valence-electron chi connectivity index (χ3n) is 4.24. The van der Waals surface area contributed by atoms with Gasteiger partial charge >= 0.3 is 0 Å². The molecule has 0 radical (unpaired) electrons. The number of nitrogens with one attached hydrogen (secondary N) is 1. The monoisotopic (exact) mass is 241 g/mol. The molecule has 0 aromatic rings. The minimum atomic E-state index is -0.595. The molecule has 0 bridgehead atoms. The maximum absolute atomic E-state index is 11.5. The highest BCUT2D eigenvalue weighted by Gasteiger charge is 2.33. The number of nitrogens with two attached hydrogens (primary N) is 1. The number of carbonyl (C=O) groups excluding carboxylic acids is 1. The second-order valence-corrected chi connectivity index (χ2v) is 5.72. The fourth-order valence-electron chi connectivity index (χ4n) is 2.52. The normalized spacial score (nSPS) is 24.2. The lowest BCUT2D eigenvalue weighted by atomic mass is 9.90. The van der Waals surface area contributed by atoms with Crippen molar-refractivity contribution in [2.45, 2.75) is 51.6 Å². The van der Waals surface area contributed by atoms with Crippen molar-refractivity contribution in [1.82, 2.24) is 10.2 Å². The van der Waals surface area contributed by atoms with Crippen LogP contribution in [0.15, 0.2) is 0 Å². The van der Waals surface area contributed by atoms with E-state index in [0.29, 0.717) is 6.04 Å². The summed E-state index contributed by atoms with van der Waals surface area (Å²) in [7, 11) is 1.80. The quantitative estimate of drug-likeness (QED) is 0.754. The van der Waals surface area contributed by atoms with E-state index in [0.717, 1.165) is 25.4 Å². The number of hydrogen-bond donors (Lipinski definition) is 2. The Bertz CT molecular complexity index is 261. The molecule has 1 saturated heterocycles. The Labute approximate surface area is 105 Å². The Morgan fingerprint density at radius 3 is 2.47 bits per heavy atom. The third kappa shape index (κ3) is 3.68. The first-order chi connectivity index (χ1) is 7.89. The molecule has 2 atom stereocenters. The van der Waals surface area contributed by atoms with Crippen LogP contribution >= 0.6 is 0 Å². The minimum absolute atomic E-state index is 0.266. The van der Waals surface area contributed by atoms with E-state index < -0.39 is 5.54 Å². The minimum Gasteiger partial charge on any atom is -0.368 e. The van der Waals surface area contributed by atoms with Crippen molar-refractivity contribution >= 4 is 5.91 Å². The van der Waals surface area contributed by atoms with E-state index in [2.05, 4.69) is 24.1 Å². The average Bonchev–Trinajstić information content (AvgIpc) is 2.29. The molecule has 4 nitrogen and oxygen atoms in total. The van der Waals surface area contributed by atoms with E-state index in [4.69, 9.17) is 5.73 Å². The molecule has 17 heavy (non-hydrogen) atoms. The predicted molar refractivity (Wildman–Crippen MR) is 70.7 cm³/mol. The van der Waals surface area contributed by atoms with Crippen LogP contribution in [-0.4, -0.2) is 42.5 Å². The first-order valence-electron chi connectivity index (χ1n) is 6.62. The van der Waals surface area contributed by atoms with Crippen LogP contribution in [0.2, 0.25) is 0 Å². The predicted octanol–water partition coefficient (Wildman–Crippen LogP) is 0.960. The highest BCUT2D eigenvalue weighted by atomic mass is 16.1. The Kier molecular flexibility index (Phi) is 4.95. The van der Waals surface area contributed by atoms with Crippen LogP contribution < -0.4 is 11.1 Å². The van der Waals surface area contributed by atoms with Crippen LogP contribution in [0.1, 0.15) is 40.0 Å². The Morgan fingerprint density at radius 1 is 1.53 bits per heavy atom. The van der Waals surface area contributed by atoms with Crippen LogP contribution in [0, 0.1) is 5.92 Å². The van der Waals surface area contributed by atoms with E-state index in [1.165, 1.54) is 12.8 Å². The van der Waals surface area contributed by atoms with Crippen molar-refractivity contribution in [3.8, 4) is 0 Å². The standard InChI is InChI=1S/C13H27N3O/c1-10-5-7-16(8-6-10)11(2)9-13(3,15-4)12(14)17/h10-11,15H,5-9H2,1-4H3,(H2,14,17). The molecule has 3 N–H and O–H groups in total. The molecule has 0 aromatic heterocycles. The van der Waals surface area contributed by atoms with Gasteiger partial charge in [0.1, 0.15) is 0 Å². The molecule has 1 amide bonds. The number of amides is 1. The lowest BCUT2D eigenvalue weighted by Gasteiger charge is -2.38. The van der Waals surface area contributed by atoms with Crippen molar-refractivity contribution in [3.05, 3.63) is 0 Å². The first-order valence-corrected chi connectivity index (χ1v) is 6.62. The summed E-state index contributed by atoms with van der Waals surface area (Å²) in [6.07, 6.45) is 3.29. The highest BCUT2D eigenvalue weighted by molar-refractivity contribution is 5.84. The average molecular weight is 241 g/mol. The van der Waals surface area contributed by atoms with Crippen molar-refractivity contribution in [2.75, 3.05) is 20.1 Å². The van der Waals surface area contributed by atoms with Crippen molar-refractivity contribution in [1.29, 1.82) is 0 Å². The summed E-state index contributed by atoms with van der Waals surface area (Å²) in [6, 6.07) is 0.396. The van der Waals surface area contributed by atoms with Crippen LogP contribution in [0.5, 0.6) is 0 Å². The number of piperidine rings is 1. The third-order valence-corrected chi connectivity index (χ3v) is 4.24. The Hall–Kier alpha value is -0.610. The van der Waals surface area contributed by atoms with Crippen LogP contribution in [-0.2, 0) is 4.79 Å². The molecule has 4 heteroatoms. The van der Waals surface area contributed by atoms with Gasteiger partial charge in [-0.1, -0.05) is 6.92 Å². The fourth-order valence-corrected chi connectivity index (χ4v) is 2.52. The Balaban J connectivity index is 2.53. The summed E-state index contributed by atoms with van der Waals surface area (Å²) in [5.74, 6) is 0.572. The summed E-state index contributed by atoms with van der Waals surface area (Å²) in [4.78, 5) is 13.9. The number of likely N-dealkylation sites (tertiary alicyclic amines) is 1. The molecule has 2 unspecified atom stereocenters. The topological polar surface area (TPSA) is 58.4 Å². The number of nitrogens with zero attached hydrogens (tertiary/aromatic N) is 1. The number of primary amides is 1. The summed E-state index contributed by atoms with van der Waals surface area (Å²) in [6.45, 7) is 8.66. The molecule has 1 fully saturated rings. The number of carbonyl (C=O) groups is 1. The van der Waals surface area contributed by atoms with Gasteiger partial charge in [0, 0.05) is 6.04 Å². The van der Waals surface area contributed by atoms with E-state index >= 15 is 0 Å². The van der Waals surface area contributed by atoms with Gasteiger partial charge in [0.2, 0.25) is 5.91 Å². The number of hydrogen-bond acceptors (Lipinski definition) is 3. The maximum atomic E-state index is 11.5. The zero-order valence-electron chi connectivity index (χ0n) is 11.6. The molecule has 100 valence electrons. The van der Waals surface area contributed by atoms with E-state index in [1.54, 1.807) is 7.05 Å². The molecule has 1 aliphatic heterocycles. The van der Waals surface area contributed by atoms with Crippen molar-refractivity contribution in [2.24, 2.45) is 11.7 Å². The van der Waals surface area contributed by atoms with Crippen LogP contribution in [0.25, 0.3) is 0 Å². The summed E-state index contributed by atoms with van der Waals surface area (Å²) in [5.41, 5.74) is 4.87. The maximum Gasteiger partial charge on any atom is 0.237 e. The number of rotatable bonds is 5. The Morgan fingerprint density at radius 2 is 2.06 bits per heavy atom. The summed E-state index contributed by atoms with van der Waals surface area (Å²) < 4.78 is 0. The van der Waals surface area contributed by atoms with Gasteiger partial charge in [-0.05, 0) is 59.2 Å². The van der Waals surface area contributed by atoms with Gasteiger partial charge in [-0.3, -0.25) is 4.79 Å². The van der Waals surface area contributed by atoms with Gasteiger partial charge in [-0.2, -0.15) is 0 Å². The van der Waals surface area contributed by atoms with Gasteiger partial charge < -0.3 is 16.0 Å². The highest BCUT2D eigenvalue weighted by Crippen LogP contribution is 2.22. The zero-order valence-corrected chi connectivity index (χ0v) is 11.6. The molecular formula is C13H27N3O. The number of likely N-dealkylation sites (N-methyl/N-ethyl adjacent to an activating group) is 1. The van der Waals surface area contributed by atoms with Crippen LogP contribution in [0.4, 0.5) is 0 Å². The largest absolute Gasteiger partial charge is 0.368 e. The van der Waals surface area contributed by atoms with Gasteiger partial charge in [0.05, 0.1) is 5.54 Å². The molecule has 1 aliphatic rings. The molecule has 1 rings (SSSR count). The molecule has 0 aromatic carbocycles. The molecule has 1 heterocycles. The molecule has 0 spiro atoms. The molecular weight excluding hydrogens is 214 g/mol. The summed E-state index contributed by atoms with van der Waals surface area (Å²) >= 11 is 0. The zero-order chi connectivity index (χ0) is 13.1.